The molecule has 0 aliphatic carbocycles. The number of Topliss-reactive ketones (excluding diaryl/α,β-unsaturated/α-hetero) is 1. The third kappa shape index (κ3) is 6.39. The molecule has 8 heteroatoms. The number of carbonyl (C=O) groups is 2. The first-order valence-corrected chi connectivity index (χ1v) is 11.0. The fourth-order valence-electron chi connectivity index (χ4n) is 3.06. The lowest BCUT2D eigenvalue weighted by Crippen LogP contribution is -2.50. The quantitative estimate of drug-likeness (QED) is 0.269. The summed E-state index contributed by atoms with van der Waals surface area (Å²) in [6, 6.07) is 18.1. The Bertz CT molecular complexity index is 1060. The third-order valence-electron chi connectivity index (χ3n) is 4.62. The van der Waals surface area contributed by atoms with Crippen molar-refractivity contribution in [2.75, 3.05) is 17.2 Å². The minimum absolute atomic E-state index is 0.167. The summed E-state index contributed by atoms with van der Waals surface area (Å²) < 4.78 is 5.28. The van der Waals surface area contributed by atoms with E-state index in [1.807, 2.05) is 0 Å². The van der Waals surface area contributed by atoms with Crippen LogP contribution < -0.4 is 10.6 Å². The van der Waals surface area contributed by atoms with Crippen LogP contribution in [0.1, 0.15) is 17.3 Å². The van der Waals surface area contributed by atoms with E-state index in [1.54, 1.807) is 79.7 Å². The molecule has 0 radical (unpaired) electrons. The summed E-state index contributed by atoms with van der Waals surface area (Å²) in [7, 11) is 0. The lowest BCUT2D eigenvalue weighted by molar-refractivity contribution is -0.144. The molecule has 0 saturated heterocycles. The van der Waals surface area contributed by atoms with E-state index in [2.05, 4.69) is 10.6 Å². The maximum absolute atomic E-state index is 13.5. The van der Waals surface area contributed by atoms with Crippen LogP contribution in [0.5, 0.6) is 0 Å². The van der Waals surface area contributed by atoms with Crippen molar-refractivity contribution in [1.29, 1.82) is 0 Å². The van der Waals surface area contributed by atoms with Crippen molar-refractivity contribution < 1.29 is 14.3 Å². The third-order valence-corrected chi connectivity index (χ3v) is 5.37. The molecule has 0 aliphatic heterocycles. The van der Waals surface area contributed by atoms with Gasteiger partial charge in [-0.25, -0.2) is 4.79 Å². The molecule has 3 aromatic rings. The Kier molecular flexibility index (Phi) is 8.39. The first kappa shape index (κ1) is 23.9. The van der Waals surface area contributed by atoms with Crippen molar-refractivity contribution in [2.45, 2.75) is 19.0 Å². The van der Waals surface area contributed by atoms with Crippen LogP contribution in [0.15, 0.2) is 72.8 Å². The van der Waals surface area contributed by atoms with E-state index in [0.717, 1.165) is 0 Å². The van der Waals surface area contributed by atoms with Gasteiger partial charge < -0.3 is 15.4 Å². The van der Waals surface area contributed by atoms with Crippen LogP contribution >= 0.6 is 34.8 Å². The molecule has 2 N–H and O–H groups in total. The van der Waals surface area contributed by atoms with Gasteiger partial charge in [0.25, 0.3) is 0 Å². The summed E-state index contributed by atoms with van der Waals surface area (Å²) >= 11 is 17.9. The Morgan fingerprint density at radius 1 is 0.719 bits per heavy atom. The Balaban J connectivity index is 2.00. The van der Waals surface area contributed by atoms with Gasteiger partial charge in [0, 0.05) is 32.0 Å². The number of hydrogen-bond donors (Lipinski definition) is 2. The maximum atomic E-state index is 13.5. The van der Waals surface area contributed by atoms with Gasteiger partial charge >= 0.3 is 5.97 Å². The van der Waals surface area contributed by atoms with E-state index in [1.165, 1.54) is 0 Å². The fourth-order valence-corrected chi connectivity index (χ4v) is 3.43. The van der Waals surface area contributed by atoms with E-state index in [0.29, 0.717) is 32.0 Å². The molecule has 0 saturated carbocycles. The number of nitrogens with one attached hydrogen (secondary N) is 2. The first-order valence-electron chi connectivity index (χ1n) is 9.88. The predicted octanol–water partition coefficient (Wildman–Crippen LogP) is 6.35. The summed E-state index contributed by atoms with van der Waals surface area (Å²) in [5.74, 6) is -0.882. The van der Waals surface area contributed by atoms with Crippen LogP contribution in [-0.2, 0) is 9.53 Å². The minimum atomic E-state index is -1.03. The number of hydrogen-bond acceptors (Lipinski definition) is 5. The van der Waals surface area contributed by atoms with Gasteiger partial charge in [-0.05, 0) is 79.7 Å². The number of halogens is 3. The molecule has 5 nitrogen and oxygen atoms in total. The van der Waals surface area contributed by atoms with Crippen LogP contribution in [0.4, 0.5) is 11.4 Å². The summed E-state index contributed by atoms with van der Waals surface area (Å²) in [5.41, 5.74) is 1.63. The standard InChI is InChI=1S/C24H21Cl3N2O3/c1-2-32-24(31)22(29-20-13-9-18(27)10-14-20)21(28-19-11-7-17(26)8-12-19)23(30)15-3-5-16(25)6-4-15/h3-14,21-22,28-29H,2H2,1H3/t21-,22+/m0/s1. The Labute approximate surface area is 201 Å². The van der Waals surface area contributed by atoms with E-state index in [-0.39, 0.29) is 12.4 Å². The highest BCUT2D eigenvalue weighted by Crippen LogP contribution is 2.22. The van der Waals surface area contributed by atoms with E-state index in [9.17, 15) is 9.59 Å². The van der Waals surface area contributed by atoms with Crippen molar-refractivity contribution in [3.05, 3.63) is 93.4 Å². The van der Waals surface area contributed by atoms with Crippen molar-refractivity contribution >= 4 is 57.9 Å². The molecule has 0 aliphatic rings. The van der Waals surface area contributed by atoms with Gasteiger partial charge in [0.15, 0.2) is 11.8 Å². The molecule has 0 fully saturated rings. The van der Waals surface area contributed by atoms with Crippen molar-refractivity contribution in [1.82, 2.24) is 0 Å². The lowest BCUT2D eigenvalue weighted by Gasteiger charge is -2.28. The van der Waals surface area contributed by atoms with E-state index in [4.69, 9.17) is 39.5 Å². The molecule has 3 aromatic carbocycles. The number of rotatable bonds is 9. The molecular formula is C24H21Cl3N2O3. The second-order valence-corrected chi connectivity index (χ2v) is 8.19. The number of anilines is 2. The van der Waals surface area contributed by atoms with Gasteiger partial charge in [0.05, 0.1) is 6.61 Å². The van der Waals surface area contributed by atoms with Gasteiger partial charge in [-0.2, -0.15) is 0 Å². The zero-order valence-electron chi connectivity index (χ0n) is 17.1. The first-order chi connectivity index (χ1) is 15.4. The normalized spacial score (nSPS) is 12.5. The van der Waals surface area contributed by atoms with Crippen LogP contribution in [0.2, 0.25) is 15.1 Å². The summed E-state index contributed by atoms with van der Waals surface area (Å²) in [6.45, 7) is 1.88. The number of carbonyl (C=O) groups excluding carboxylic acids is 2. The van der Waals surface area contributed by atoms with Gasteiger partial charge in [0.2, 0.25) is 0 Å². The summed E-state index contributed by atoms with van der Waals surface area (Å²) in [6.07, 6.45) is 0. The van der Waals surface area contributed by atoms with Crippen LogP contribution in [0.3, 0.4) is 0 Å². The average Bonchev–Trinajstić information content (AvgIpc) is 2.79. The van der Waals surface area contributed by atoms with E-state index < -0.39 is 18.1 Å². The number of ketones is 1. The maximum Gasteiger partial charge on any atom is 0.331 e. The van der Waals surface area contributed by atoms with Crippen LogP contribution in [-0.4, -0.2) is 30.4 Å². The molecule has 166 valence electrons. The largest absolute Gasteiger partial charge is 0.464 e. The highest BCUT2D eigenvalue weighted by molar-refractivity contribution is 6.31. The number of ether oxygens (including phenoxy) is 1. The summed E-state index contributed by atoms with van der Waals surface area (Å²) in [5, 5.41) is 7.89. The van der Waals surface area contributed by atoms with Gasteiger partial charge in [-0.3, -0.25) is 4.79 Å². The Morgan fingerprint density at radius 3 is 1.56 bits per heavy atom. The highest BCUT2D eigenvalue weighted by Gasteiger charge is 2.35. The molecule has 0 bridgehead atoms. The second kappa shape index (κ2) is 11.2. The minimum Gasteiger partial charge on any atom is -0.464 e. The van der Waals surface area contributed by atoms with E-state index >= 15 is 0 Å². The molecule has 0 amide bonds. The predicted molar refractivity (Wildman–Crippen MR) is 130 cm³/mol. The van der Waals surface area contributed by atoms with Crippen LogP contribution in [0, 0.1) is 0 Å². The molecule has 0 aromatic heterocycles. The van der Waals surface area contributed by atoms with Crippen LogP contribution in [0.25, 0.3) is 0 Å². The van der Waals surface area contributed by atoms with Gasteiger partial charge in [-0.15, -0.1) is 0 Å². The van der Waals surface area contributed by atoms with Crippen molar-refractivity contribution in [3.8, 4) is 0 Å². The zero-order chi connectivity index (χ0) is 23.1. The molecule has 3 rings (SSSR count). The molecular weight excluding hydrogens is 471 g/mol. The lowest BCUT2D eigenvalue weighted by atomic mass is 9.96. The molecule has 2 atom stereocenters. The SMILES string of the molecule is CCOC(=O)[C@H](Nc1ccc(Cl)cc1)[C@H](Nc1ccc(Cl)cc1)C(=O)c1ccc(Cl)cc1. The average molecular weight is 492 g/mol. The monoisotopic (exact) mass is 490 g/mol. The molecule has 0 unspecified atom stereocenters. The highest BCUT2D eigenvalue weighted by atomic mass is 35.5. The smallest absolute Gasteiger partial charge is 0.331 e. The summed E-state index contributed by atoms with van der Waals surface area (Å²) in [4.78, 5) is 26.5. The topological polar surface area (TPSA) is 67.4 Å². The Hall–Kier alpha value is -2.73. The second-order valence-electron chi connectivity index (χ2n) is 6.88. The van der Waals surface area contributed by atoms with Gasteiger partial charge in [-0.1, -0.05) is 34.8 Å². The van der Waals surface area contributed by atoms with Crippen molar-refractivity contribution in [3.63, 3.8) is 0 Å². The fraction of sp³-hybridized carbons (Fsp3) is 0.167. The molecule has 0 spiro atoms. The Morgan fingerprint density at radius 2 is 1.12 bits per heavy atom. The number of benzene rings is 3. The molecule has 32 heavy (non-hydrogen) atoms. The number of esters is 1. The zero-order valence-corrected chi connectivity index (χ0v) is 19.4. The molecule has 0 heterocycles. The van der Waals surface area contributed by atoms with Crippen molar-refractivity contribution in [2.24, 2.45) is 0 Å². The van der Waals surface area contributed by atoms with Gasteiger partial charge in [0.1, 0.15) is 6.04 Å².